The Morgan fingerprint density at radius 1 is 1.06 bits per heavy atom. The topological polar surface area (TPSA) is 82.2 Å². The molecule has 174 valence electrons. The molecule has 0 unspecified atom stereocenters. The second-order valence-electron chi connectivity index (χ2n) is 8.60. The normalized spacial score (nSPS) is 18.1. The summed E-state index contributed by atoms with van der Waals surface area (Å²) in [5.41, 5.74) is 1.47. The predicted octanol–water partition coefficient (Wildman–Crippen LogP) is 5.80. The Morgan fingerprint density at radius 2 is 1.82 bits per heavy atom. The van der Waals surface area contributed by atoms with Gasteiger partial charge in [-0.1, -0.05) is 35.3 Å². The summed E-state index contributed by atoms with van der Waals surface area (Å²) in [6, 6.07) is 13.1. The van der Waals surface area contributed by atoms with E-state index < -0.39 is 0 Å². The van der Waals surface area contributed by atoms with Crippen LogP contribution in [-0.2, 0) is 0 Å². The van der Waals surface area contributed by atoms with Crippen LogP contribution in [0.2, 0.25) is 10.0 Å². The first-order valence-corrected chi connectivity index (χ1v) is 11.8. The average Bonchev–Trinajstić information content (AvgIpc) is 2.80. The van der Waals surface area contributed by atoms with Crippen molar-refractivity contribution in [1.82, 2.24) is 15.3 Å². The maximum absolute atomic E-state index is 12.2. The number of para-hydroxylation sites is 1. The minimum Gasteiger partial charge on any atom is -0.362 e. The summed E-state index contributed by atoms with van der Waals surface area (Å²) in [4.78, 5) is 23.7. The Kier molecular flexibility index (Phi) is 7.40. The fourth-order valence-electron chi connectivity index (χ4n) is 4.15. The average molecular weight is 487 g/mol. The number of anilines is 3. The number of carbonyl (C=O) groups is 1. The molecule has 33 heavy (non-hydrogen) atoms. The van der Waals surface area contributed by atoms with Crippen molar-refractivity contribution in [2.24, 2.45) is 5.92 Å². The Hall–Kier alpha value is -2.77. The lowest BCUT2D eigenvalue weighted by molar-refractivity contribution is 0.246. The summed E-state index contributed by atoms with van der Waals surface area (Å²) in [5.74, 6) is 2.01. The number of rotatable bonds is 6. The van der Waals surface area contributed by atoms with E-state index in [0.717, 1.165) is 42.4 Å². The second-order valence-corrected chi connectivity index (χ2v) is 9.45. The smallest absolute Gasteiger partial charge is 0.319 e. The standard InChI is InChI=1S/C24H28Cl2N6O/c1-32(2)22-18-5-3-4-6-20(18)29-23(31-22)28-17-10-7-15(8-11-17)14-27-24(33)30-21-12-9-16(25)13-19(21)26/h3-6,9,12-13,15,17H,7-8,10-11,14H2,1-2H3,(H2,27,30,33)(H,28,29,31). The highest BCUT2D eigenvalue weighted by Gasteiger charge is 2.23. The molecule has 1 aliphatic rings. The van der Waals surface area contributed by atoms with E-state index in [0.29, 0.717) is 40.2 Å². The van der Waals surface area contributed by atoms with Crippen LogP contribution >= 0.6 is 23.2 Å². The number of urea groups is 1. The number of amides is 2. The molecule has 0 bridgehead atoms. The molecule has 0 aliphatic heterocycles. The molecule has 1 aliphatic carbocycles. The van der Waals surface area contributed by atoms with Crippen molar-refractivity contribution in [3.8, 4) is 0 Å². The maximum Gasteiger partial charge on any atom is 0.319 e. The lowest BCUT2D eigenvalue weighted by atomic mass is 9.86. The monoisotopic (exact) mass is 486 g/mol. The molecule has 0 radical (unpaired) electrons. The van der Waals surface area contributed by atoms with Crippen LogP contribution in [0, 0.1) is 5.92 Å². The zero-order valence-electron chi connectivity index (χ0n) is 18.7. The van der Waals surface area contributed by atoms with Crippen molar-refractivity contribution in [1.29, 1.82) is 0 Å². The first-order valence-electron chi connectivity index (χ1n) is 11.1. The third-order valence-electron chi connectivity index (χ3n) is 5.92. The van der Waals surface area contributed by atoms with Crippen LogP contribution in [0.5, 0.6) is 0 Å². The van der Waals surface area contributed by atoms with E-state index in [1.165, 1.54) is 0 Å². The van der Waals surface area contributed by atoms with Crippen molar-refractivity contribution in [2.45, 2.75) is 31.7 Å². The fourth-order valence-corrected chi connectivity index (χ4v) is 4.61. The Bertz CT molecular complexity index is 1130. The van der Waals surface area contributed by atoms with Gasteiger partial charge in [0.1, 0.15) is 5.82 Å². The maximum atomic E-state index is 12.2. The molecule has 1 aromatic heterocycles. The molecule has 7 nitrogen and oxygen atoms in total. The number of aromatic nitrogens is 2. The number of nitrogens with zero attached hydrogens (tertiary/aromatic N) is 3. The van der Waals surface area contributed by atoms with Gasteiger partial charge in [0.2, 0.25) is 5.95 Å². The van der Waals surface area contributed by atoms with Crippen LogP contribution in [0.3, 0.4) is 0 Å². The van der Waals surface area contributed by atoms with Gasteiger partial charge in [-0.15, -0.1) is 0 Å². The number of carbonyl (C=O) groups excluding carboxylic acids is 1. The molecule has 4 rings (SSSR count). The number of hydrogen-bond donors (Lipinski definition) is 3. The summed E-state index contributed by atoms with van der Waals surface area (Å²) in [6.07, 6.45) is 4.05. The Morgan fingerprint density at radius 3 is 2.55 bits per heavy atom. The summed E-state index contributed by atoms with van der Waals surface area (Å²) < 4.78 is 0. The largest absolute Gasteiger partial charge is 0.362 e. The van der Waals surface area contributed by atoms with Gasteiger partial charge >= 0.3 is 6.03 Å². The van der Waals surface area contributed by atoms with Crippen LogP contribution in [0.1, 0.15) is 25.7 Å². The van der Waals surface area contributed by atoms with Crippen molar-refractivity contribution in [3.05, 3.63) is 52.5 Å². The number of benzene rings is 2. The molecule has 2 aromatic carbocycles. The quantitative estimate of drug-likeness (QED) is 0.410. The van der Waals surface area contributed by atoms with Gasteiger partial charge in [-0.3, -0.25) is 0 Å². The third-order valence-corrected chi connectivity index (χ3v) is 6.47. The molecule has 2 amide bonds. The number of halogens is 2. The SMILES string of the molecule is CN(C)c1nc(NC2CCC(CNC(=O)Nc3ccc(Cl)cc3Cl)CC2)nc2ccccc12. The molecule has 0 saturated heterocycles. The van der Waals surface area contributed by atoms with Crippen molar-refractivity contribution in [2.75, 3.05) is 36.2 Å². The molecule has 3 aromatic rings. The van der Waals surface area contributed by atoms with E-state index in [1.807, 2.05) is 43.3 Å². The van der Waals surface area contributed by atoms with Gasteiger partial charge in [0.05, 0.1) is 16.2 Å². The van der Waals surface area contributed by atoms with E-state index in [1.54, 1.807) is 18.2 Å². The Balaban J connectivity index is 1.27. The van der Waals surface area contributed by atoms with Gasteiger partial charge in [0, 0.05) is 37.1 Å². The number of fused-ring (bicyclic) bond motifs is 1. The van der Waals surface area contributed by atoms with Crippen LogP contribution in [0.15, 0.2) is 42.5 Å². The highest BCUT2D eigenvalue weighted by atomic mass is 35.5. The molecule has 0 atom stereocenters. The molecule has 9 heteroatoms. The zero-order valence-corrected chi connectivity index (χ0v) is 20.2. The molecular weight excluding hydrogens is 459 g/mol. The molecule has 1 fully saturated rings. The van der Waals surface area contributed by atoms with Gasteiger partial charge in [-0.05, 0) is 61.9 Å². The van der Waals surface area contributed by atoms with E-state index in [-0.39, 0.29) is 6.03 Å². The lowest BCUT2D eigenvalue weighted by Crippen LogP contribution is -2.36. The molecule has 1 heterocycles. The van der Waals surface area contributed by atoms with Gasteiger partial charge in [-0.2, -0.15) is 4.98 Å². The van der Waals surface area contributed by atoms with E-state index >= 15 is 0 Å². The van der Waals surface area contributed by atoms with Gasteiger partial charge in [0.15, 0.2) is 0 Å². The fraction of sp³-hybridized carbons (Fsp3) is 0.375. The zero-order chi connectivity index (χ0) is 23.4. The van der Waals surface area contributed by atoms with Gasteiger partial charge in [-0.25, -0.2) is 9.78 Å². The summed E-state index contributed by atoms with van der Waals surface area (Å²) >= 11 is 12.0. The van der Waals surface area contributed by atoms with E-state index in [9.17, 15) is 4.79 Å². The highest BCUT2D eigenvalue weighted by molar-refractivity contribution is 6.36. The van der Waals surface area contributed by atoms with Crippen LogP contribution in [0.4, 0.5) is 22.2 Å². The van der Waals surface area contributed by atoms with Crippen molar-refractivity contribution < 1.29 is 4.79 Å². The molecule has 3 N–H and O–H groups in total. The van der Waals surface area contributed by atoms with Crippen LogP contribution in [0.25, 0.3) is 10.9 Å². The van der Waals surface area contributed by atoms with E-state index in [4.69, 9.17) is 33.2 Å². The number of nitrogens with one attached hydrogen (secondary N) is 3. The summed E-state index contributed by atoms with van der Waals surface area (Å²) in [7, 11) is 3.99. The van der Waals surface area contributed by atoms with Gasteiger partial charge in [0.25, 0.3) is 0 Å². The lowest BCUT2D eigenvalue weighted by Gasteiger charge is -2.29. The molecule has 1 saturated carbocycles. The van der Waals surface area contributed by atoms with Crippen molar-refractivity contribution in [3.63, 3.8) is 0 Å². The predicted molar refractivity (Wildman–Crippen MR) is 137 cm³/mol. The Labute approximate surface area is 203 Å². The second kappa shape index (κ2) is 10.4. The summed E-state index contributed by atoms with van der Waals surface area (Å²) in [5, 5.41) is 11.2. The molecule has 0 spiro atoms. The van der Waals surface area contributed by atoms with Crippen molar-refractivity contribution >= 4 is 57.6 Å². The molecular formula is C24H28Cl2N6O. The first kappa shape index (κ1) is 23.4. The number of hydrogen-bond acceptors (Lipinski definition) is 5. The minimum absolute atomic E-state index is 0.264. The van der Waals surface area contributed by atoms with E-state index in [2.05, 4.69) is 16.0 Å². The summed E-state index contributed by atoms with van der Waals surface area (Å²) in [6.45, 7) is 0.626. The van der Waals surface area contributed by atoms with Crippen LogP contribution < -0.4 is 20.9 Å². The first-order chi connectivity index (χ1) is 15.9. The van der Waals surface area contributed by atoms with Gasteiger partial charge < -0.3 is 20.9 Å². The minimum atomic E-state index is -0.264. The van der Waals surface area contributed by atoms with Crippen LogP contribution in [-0.4, -0.2) is 42.7 Å². The third kappa shape index (κ3) is 5.97. The highest BCUT2D eigenvalue weighted by Crippen LogP contribution is 2.29.